The van der Waals surface area contributed by atoms with E-state index in [-0.39, 0.29) is 18.4 Å². The van der Waals surface area contributed by atoms with Crippen molar-refractivity contribution in [1.29, 1.82) is 0 Å². The number of para-hydroxylation sites is 1. The van der Waals surface area contributed by atoms with Gasteiger partial charge in [0.25, 0.3) is 11.8 Å². The minimum atomic E-state index is 0.0259. The Labute approximate surface area is 352 Å². The smallest absolute Gasteiger partial charge is 0.252 e. The summed E-state index contributed by atoms with van der Waals surface area (Å²) < 4.78 is 4.78. The van der Waals surface area contributed by atoms with E-state index in [9.17, 15) is 14.7 Å². The number of rotatable bonds is 6. The van der Waals surface area contributed by atoms with Crippen LogP contribution >= 0.6 is 23.1 Å². The van der Waals surface area contributed by atoms with Gasteiger partial charge >= 0.3 is 0 Å². The Kier molecular flexibility index (Phi) is 8.16. The summed E-state index contributed by atoms with van der Waals surface area (Å²) >= 11 is 3.49. The molecule has 0 saturated heterocycles. The number of fused-ring (bicyclic) bond motifs is 20. The highest BCUT2D eigenvalue weighted by Crippen LogP contribution is 2.49. The first-order valence-corrected chi connectivity index (χ1v) is 22.2. The van der Waals surface area contributed by atoms with Gasteiger partial charge in [-0.05, 0) is 76.2 Å². The van der Waals surface area contributed by atoms with Crippen LogP contribution in [0.25, 0.3) is 74.9 Å². The fourth-order valence-electron chi connectivity index (χ4n) is 10.0. The van der Waals surface area contributed by atoms with E-state index in [1.54, 1.807) is 23.1 Å². The fourth-order valence-corrected chi connectivity index (χ4v) is 12.0. The second kappa shape index (κ2) is 13.8. The molecule has 1 aliphatic carbocycles. The molecule has 4 aromatic heterocycles. The monoisotopic (exact) mass is 819 g/mol. The number of carbonyl (C=O) groups excluding carboxylic acids is 2. The number of aromatic nitrogens is 3. The Morgan fingerprint density at radius 2 is 1.50 bits per heavy atom. The van der Waals surface area contributed by atoms with E-state index < -0.39 is 0 Å². The SMILES string of the molecule is O=C1NCc2c1c1c(c3c2c2cc(CSc4ccccn4)ccc2n3CCCO)Cc2ccccc2-1.O=C1NCc2c1c1c3ccccc3sc1c1[nH]c3ccccc3c21. The Balaban J connectivity index is 0.000000140. The molecule has 0 fully saturated rings. The van der Waals surface area contributed by atoms with E-state index in [1.807, 2.05) is 36.5 Å². The third kappa shape index (κ3) is 5.24. The zero-order valence-corrected chi connectivity index (χ0v) is 34.0. The number of thioether (sulfide) groups is 1. The lowest BCUT2D eigenvalue weighted by atomic mass is 9.92. The van der Waals surface area contributed by atoms with Crippen molar-refractivity contribution in [2.45, 2.75) is 43.3 Å². The number of benzene rings is 6. The first kappa shape index (κ1) is 35.5. The number of hydrogen-bond donors (Lipinski definition) is 4. The predicted molar refractivity (Wildman–Crippen MR) is 244 cm³/mol. The Morgan fingerprint density at radius 1 is 0.733 bits per heavy atom. The van der Waals surface area contributed by atoms with Crippen LogP contribution in [0.3, 0.4) is 0 Å². The summed E-state index contributed by atoms with van der Waals surface area (Å²) in [6.07, 6.45) is 3.33. The van der Waals surface area contributed by atoms with Gasteiger partial charge in [0, 0.05) is 98.2 Å². The normalized spacial score (nSPS) is 13.9. The van der Waals surface area contributed by atoms with Gasteiger partial charge in [-0.1, -0.05) is 72.8 Å². The van der Waals surface area contributed by atoms with E-state index in [4.69, 9.17) is 0 Å². The number of nitrogens with one attached hydrogen (secondary N) is 3. The Morgan fingerprint density at radius 3 is 2.35 bits per heavy atom. The van der Waals surface area contributed by atoms with Crippen LogP contribution in [0.1, 0.15) is 55.0 Å². The third-order valence-corrected chi connectivity index (χ3v) is 14.7. The Bertz CT molecular complexity index is 3460. The van der Waals surface area contributed by atoms with Crippen LogP contribution in [0.5, 0.6) is 0 Å². The van der Waals surface area contributed by atoms with E-state index in [0.29, 0.717) is 19.5 Å². The molecule has 0 spiro atoms. The standard InChI is InChI=1S/C30H25N3O2S.C20H12N2OS/c34-13-5-12-33-24-10-9-18(17-36-25-8-3-4-11-31-25)14-21(24)27-23-16-32-30(35)28(23)26-20-7-2-1-6-19(20)15-22(26)29(27)33;23-20-17-12(9-21-20)15-10-5-1-3-7-13(10)22-18(15)19-16(17)11-6-2-4-8-14(11)24-19/h1-4,6-11,14,34H,5,12-13,15-17H2,(H,32,35);1-8,22H,9H2,(H,21,23). The molecule has 292 valence electrons. The van der Waals surface area contributed by atoms with Gasteiger partial charge in [0.1, 0.15) is 0 Å². The minimum absolute atomic E-state index is 0.0259. The number of carbonyl (C=O) groups is 2. The second-order valence-electron chi connectivity index (χ2n) is 15.7. The molecule has 8 nitrogen and oxygen atoms in total. The summed E-state index contributed by atoms with van der Waals surface area (Å²) in [4.78, 5) is 33.8. The molecular weight excluding hydrogens is 783 g/mol. The molecule has 0 atom stereocenters. The molecule has 13 rings (SSSR count). The molecule has 0 unspecified atom stereocenters. The van der Waals surface area contributed by atoms with Crippen molar-refractivity contribution in [3.63, 3.8) is 0 Å². The van der Waals surface area contributed by atoms with Crippen molar-refractivity contribution in [2.75, 3.05) is 6.61 Å². The van der Waals surface area contributed by atoms with Crippen molar-refractivity contribution in [3.8, 4) is 11.1 Å². The van der Waals surface area contributed by atoms with Crippen molar-refractivity contribution < 1.29 is 14.7 Å². The average molecular weight is 820 g/mol. The van der Waals surface area contributed by atoms with E-state index in [2.05, 4.69) is 104 Å². The molecule has 0 radical (unpaired) electrons. The van der Waals surface area contributed by atoms with Crippen molar-refractivity contribution >= 4 is 98.7 Å². The van der Waals surface area contributed by atoms with E-state index in [1.165, 1.54) is 64.1 Å². The van der Waals surface area contributed by atoms with Gasteiger partial charge in [-0.2, -0.15) is 0 Å². The van der Waals surface area contributed by atoms with Gasteiger partial charge in [-0.3, -0.25) is 9.59 Å². The average Bonchev–Trinajstić information content (AvgIpc) is 4.14. The summed E-state index contributed by atoms with van der Waals surface area (Å²) in [7, 11) is 0. The number of aliphatic hydroxyl groups is 1. The van der Waals surface area contributed by atoms with Gasteiger partial charge in [0.2, 0.25) is 0 Å². The lowest BCUT2D eigenvalue weighted by Gasteiger charge is -2.13. The van der Waals surface area contributed by atoms with Crippen LogP contribution in [0, 0.1) is 0 Å². The van der Waals surface area contributed by atoms with Crippen LogP contribution in [0.4, 0.5) is 0 Å². The summed E-state index contributed by atoms with van der Waals surface area (Å²) in [5.41, 5.74) is 14.6. The number of aliphatic hydroxyl groups excluding tert-OH is 1. The first-order chi connectivity index (χ1) is 29.6. The molecule has 2 amide bonds. The van der Waals surface area contributed by atoms with Crippen LogP contribution in [-0.4, -0.2) is 38.1 Å². The Hall–Kier alpha value is -6.46. The van der Waals surface area contributed by atoms with Crippen LogP contribution in [-0.2, 0) is 31.8 Å². The highest BCUT2D eigenvalue weighted by molar-refractivity contribution is 7.98. The van der Waals surface area contributed by atoms with Crippen LogP contribution < -0.4 is 10.6 Å². The maximum Gasteiger partial charge on any atom is 0.252 e. The molecule has 60 heavy (non-hydrogen) atoms. The maximum atomic E-state index is 13.2. The molecule has 3 aliphatic rings. The highest BCUT2D eigenvalue weighted by atomic mass is 32.2. The molecule has 6 aromatic carbocycles. The third-order valence-electron chi connectivity index (χ3n) is 12.5. The summed E-state index contributed by atoms with van der Waals surface area (Å²) in [6.45, 7) is 2.04. The number of nitrogens with zero attached hydrogens (tertiary/aromatic N) is 2. The first-order valence-electron chi connectivity index (χ1n) is 20.4. The van der Waals surface area contributed by atoms with E-state index in [0.717, 1.165) is 73.5 Å². The van der Waals surface area contributed by atoms with E-state index >= 15 is 0 Å². The highest BCUT2D eigenvalue weighted by Gasteiger charge is 2.35. The quantitative estimate of drug-likeness (QED) is 0.125. The molecule has 4 N–H and O–H groups in total. The summed E-state index contributed by atoms with van der Waals surface area (Å²) in [6, 6.07) is 37.8. The molecule has 0 bridgehead atoms. The number of H-pyrrole nitrogens is 1. The maximum absolute atomic E-state index is 13.2. The molecule has 2 aliphatic heterocycles. The molecule has 10 aromatic rings. The summed E-state index contributed by atoms with van der Waals surface area (Å²) in [5, 5.41) is 23.9. The lowest BCUT2D eigenvalue weighted by Crippen LogP contribution is -2.13. The lowest BCUT2D eigenvalue weighted by molar-refractivity contribution is 0.0958. The number of hydrogen-bond acceptors (Lipinski definition) is 6. The van der Waals surface area contributed by atoms with Gasteiger partial charge in [-0.25, -0.2) is 4.98 Å². The number of aryl methyl sites for hydroxylation is 1. The summed E-state index contributed by atoms with van der Waals surface area (Å²) in [5.74, 6) is 0.898. The van der Waals surface area contributed by atoms with Gasteiger partial charge < -0.3 is 25.3 Å². The van der Waals surface area contributed by atoms with Gasteiger partial charge in [-0.15, -0.1) is 23.1 Å². The van der Waals surface area contributed by atoms with Crippen molar-refractivity contribution in [3.05, 3.63) is 154 Å². The second-order valence-corrected chi connectivity index (χ2v) is 17.8. The van der Waals surface area contributed by atoms with Gasteiger partial charge in [0.15, 0.2) is 0 Å². The van der Waals surface area contributed by atoms with Crippen LogP contribution in [0.2, 0.25) is 0 Å². The van der Waals surface area contributed by atoms with Crippen molar-refractivity contribution in [1.82, 2.24) is 25.2 Å². The number of thiophene rings is 1. The van der Waals surface area contributed by atoms with Crippen LogP contribution in [0.15, 0.2) is 120 Å². The number of pyridine rings is 1. The fraction of sp³-hybridized carbons (Fsp3) is 0.140. The largest absolute Gasteiger partial charge is 0.396 e. The number of amides is 2. The predicted octanol–water partition coefficient (Wildman–Crippen LogP) is 10.6. The zero-order valence-electron chi connectivity index (χ0n) is 32.4. The zero-order chi connectivity index (χ0) is 40.1. The topological polar surface area (TPSA) is 112 Å². The van der Waals surface area contributed by atoms with Gasteiger partial charge in [0.05, 0.1) is 31.9 Å². The molecular formula is C50H37N5O3S2. The number of aromatic amines is 1. The molecule has 6 heterocycles. The molecule has 10 heteroatoms. The minimum Gasteiger partial charge on any atom is -0.396 e. The van der Waals surface area contributed by atoms with Crippen molar-refractivity contribution in [2.24, 2.45) is 0 Å². The molecule has 0 saturated carbocycles.